The van der Waals surface area contributed by atoms with Gasteiger partial charge in [-0.25, -0.2) is 0 Å². The number of amides is 2. The third-order valence-corrected chi connectivity index (χ3v) is 5.04. The largest absolute Gasteiger partial charge is 0.495 e. The van der Waals surface area contributed by atoms with Crippen molar-refractivity contribution in [3.05, 3.63) is 48.5 Å². The van der Waals surface area contributed by atoms with Crippen LogP contribution < -0.4 is 20.1 Å². The topological polar surface area (TPSA) is 83.1 Å². The summed E-state index contributed by atoms with van der Waals surface area (Å²) in [6.45, 7) is 5.96. The molecule has 3 rings (SSSR count). The summed E-state index contributed by atoms with van der Waals surface area (Å²) in [6, 6.07) is 14.8. The smallest absolute Gasteiger partial charge is 0.238 e. The first-order valence-electron chi connectivity index (χ1n) is 10.5. The van der Waals surface area contributed by atoms with Crippen molar-refractivity contribution >= 4 is 23.2 Å². The molecule has 8 nitrogen and oxygen atoms in total. The second-order valence-electron chi connectivity index (χ2n) is 7.28. The molecule has 1 heterocycles. The summed E-state index contributed by atoms with van der Waals surface area (Å²) in [5.74, 6) is 1.15. The summed E-state index contributed by atoms with van der Waals surface area (Å²) in [5, 5.41) is 5.83. The predicted octanol–water partition coefficient (Wildman–Crippen LogP) is 2.29. The van der Waals surface area contributed by atoms with E-state index in [-0.39, 0.29) is 11.8 Å². The van der Waals surface area contributed by atoms with Crippen LogP contribution in [0.15, 0.2) is 48.5 Å². The van der Waals surface area contributed by atoms with Gasteiger partial charge >= 0.3 is 0 Å². The second kappa shape index (κ2) is 11.3. The molecule has 0 aliphatic carbocycles. The van der Waals surface area contributed by atoms with E-state index in [1.807, 2.05) is 55.5 Å². The molecule has 1 saturated heterocycles. The normalized spacial score (nSPS) is 14.6. The zero-order valence-electron chi connectivity index (χ0n) is 18.1. The number of nitrogens with zero attached hydrogens (tertiary/aromatic N) is 2. The van der Waals surface area contributed by atoms with Crippen molar-refractivity contribution in [1.29, 1.82) is 0 Å². The van der Waals surface area contributed by atoms with Gasteiger partial charge in [0.1, 0.15) is 11.5 Å². The first-order valence-corrected chi connectivity index (χ1v) is 10.5. The highest BCUT2D eigenvalue weighted by molar-refractivity contribution is 5.94. The molecule has 1 fully saturated rings. The van der Waals surface area contributed by atoms with E-state index in [1.165, 1.54) is 0 Å². The van der Waals surface area contributed by atoms with Gasteiger partial charge in [-0.05, 0) is 31.2 Å². The summed E-state index contributed by atoms with van der Waals surface area (Å²) in [5.41, 5.74) is 1.35. The Morgan fingerprint density at radius 2 is 1.26 bits per heavy atom. The zero-order chi connectivity index (χ0) is 22.1. The first-order chi connectivity index (χ1) is 15.1. The Labute approximate surface area is 183 Å². The van der Waals surface area contributed by atoms with E-state index in [0.717, 1.165) is 26.2 Å². The van der Waals surface area contributed by atoms with E-state index in [1.54, 1.807) is 7.11 Å². The molecule has 0 bridgehead atoms. The maximum atomic E-state index is 12.5. The molecule has 1 aliphatic heterocycles. The minimum Gasteiger partial charge on any atom is -0.495 e. The molecule has 166 valence electrons. The quantitative estimate of drug-likeness (QED) is 0.640. The third-order valence-electron chi connectivity index (χ3n) is 5.04. The van der Waals surface area contributed by atoms with Gasteiger partial charge in [0.15, 0.2) is 0 Å². The van der Waals surface area contributed by atoms with Gasteiger partial charge < -0.3 is 20.1 Å². The molecular formula is C23H30N4O4. The van der Waals surface area contributed by atoms with Crippen LogP contribution in [-0.2, 0) is 9.59 Å². The lowest BCUT2D eigenvalue weighted by atomic mass is 10.2. The standard InChI is InChI=1S/C23H30N4O4/c1-3-31-21-11-7-5-9-19(21)25-23(29)17-27-14-12-26(13-15-27)16-22(28)24-18-8-4-6-10-20(18)30-2/h4-11H,3,12-17H2,1-2H3,(H,24,28)(H,25,29). The number of carbonyl (C=O) groups is 2. The van der Waals surface area contributed by atoms with Crippen LogP contribution >= 0.6 is 0 Å². The van der Waals surface area contributed by atoms with Crippen LogP contribution in [0.3, 0.4) is 0 Å². The fourth-order valence-corrected chi connectivity index (χ4v) is 3.49. The molecule has 0 saturated carbocycles. The van der Waals surface area contributed by atoms with E-state index in [9.17, 15) is 9.59 Å². The minimum absolute atomic E-state index is 0.0745. The summed E-state index contributed by atoms with van der Waals surface area (Å²) >= 11 is 0. The van der Waals surface area contributed by atoms with Crippen LogP contribution in [0.4, 0.5) is 11.4 Å². The molecule has 0 unspecified atom stereocenters. The van der Waals surface area contributed by atoms with Gasteiger partial charge in [0, 0.05) is 26.2 Å². The fraction of sp³-hybridized carbons (Fsp3) is 0.391. The van der Waals surface area contributed by atoms with Crippen LogP contribution in [0.5, 0.6) is 11.5 Å². The van der Waals surface area contributed by atoms with Crippen molar-refractivity contribution in [2.75, 3.05) is 63.6 Å². The van der Waals surface area contributed by atoms with Gasteiger partial charge in [-0.1, -0.05) is 24.3 Å². The summed E-state index contributed by atoms with van der Waals surface area (Å²) in [4.78, 5) is 29.0. The number of rotatable bonds is 9. The van der Waals surface area contributed by atoms with Gasteiger partial charge in [0.05, 0.1) is 38.2 Å². The van der Waals surface area contributed by atoms with Gasteiger partial charge in [-0.15, -0.1) is 0 Å². The summed E-state index contributed by atoms with van der Waals surface area (Å²) in [6.07, 6.45) is 0. The summed E-state index contributed by atoms with van der Waals surface area (Å²) in [7, 11) is 1.58. The van der Waals surface area contributed by atoms with Crippen LogP contribution in [0, 0.1) is 0 Å². The highest BCUT2D eigenvalue weighted by atomic mass is 16.5. The Morgan fingerprint density at radius 3 is 1.74 bits per heavy atom. The summed E-state index contributed by atoms with van der Waals surface area (Å²) < 4.78 is 10.8. The van der Waals surface area contributed by atoms with Crippen molar-refractivity contribution < 1.29 is 19.1 Å². The molecule has 0 radical (unpaired) electrons. The second-order valence-corrected chi connectivity index (χ2v) is 7.28. The lowest BCUT2D eigenvalue weighted by Crippen LogP contribution is -2.50. The molecule has 1 aliphatic rings. The predicted molar refractivity (Wildman–Crippen MR) is 121 cm³/mol. The minimum atomic E-state index is -0.0803. The number of ether oxygens (including phenoxy) is 2. The molecule has 0 atom stereocenters. The molecule has 2 aromatic carbocycles. The van der Waals surface area contributed by atoms with Crippen molar-refractivity contribution in [3.8, 4) is 11.5 Å². The average molecular weight is 427 g/mol. The van der Waals surface area contributed by atoms with Gasteiger partial charge in [-0.2, -0.15) is 0 Å². The van der Waals surface area contributed by atoms with Crippen LogP contribution in [-0.4, -0.2) is 74.6 Å². The third kappa shape index (κ3) is 6.70. The highest BCUT2D eigenvalue weighted by Gasteiger charge is 2.21. The van der Waals surface area contributed by atoms with Crippen LogP contribution in [0.1, 0.15) is 6.92 Å². The fourth-order valence-electron chi connectivity index (χ4n) is 3.49. The highest BCUT2D eigenvalue weighted by Crippen LogP contribution is 2.24. The van der Waals surface area contributed by atoms with E-state index in [4.69, 9.17) is 9.47 Å². The maximum Gasteiger partial charge on any atom is 0.238 e. The van der Waals surface area contributed by atoms with E-state index >= 15 is 0 Å². The molecular weight excluding hydrogens is 396 g/mol. The molecule has 8 heteroatoms. The lowest BCUT2D eigenvalue weighted by molar-refractivity contribution is -0.120. The number of para-hydroxylation sites is 4. The van der Waals surface area contributed by atoms with Crippen LogP contribution in [0.25, 0.3) is 0 Å². The molecule has 0 spiro atoms. The number of benzene rings is 2. The lowest BCUT2D eigenvalue weighted by Gasteiger charge is -2.33. The van der Waals surface area contributed by atoms with E-state index < -0.39 is 0 Å². The van der Waals surface area contributed by atoms with Gasteiger partial charge in [0.25, 0.3) is 0 Å². The average Bonchev–Trinajstić information content (AvgIpc) is 2.77. The number of piperazine rings is 1. The van der Waals surface area contributed by atoms with E-state index in [2.05, 4.69) is 20.4 Å². The van der Waals surface area contributed by atoms with Crippen molar-refractivity contribution in [2.45, 2.75) is 6.92 Å². The van der Waals surface area contributed by atoms with Crippen molar-refractivity contribution in [2.24, 2.45) is 0 Å². The Balaban J connectivity index is 1.42. The number of carbonyl (C=O) groups excluding carboxylic acids is 2. The monoisotopic (exact) mass is 426 g/mol. The Bertz CT molecular complexity index is 881. The number of anilines is 2. The first kappa shape index (κ1) is 22.6. The number of hydrogen-bond donors (Lipinski definition) is 2. The molecule has 2 aromatic rings. The number of hydrogen-bond acceptors (Lipinski definition) is 6. The SMILES string of the molecule is CCOc1ccccc1NC(=O)CN1CCN(CC(=O)Nc2ccccc2OC)CC1. The Morgan fingerprint density at radius 1 is 0.806 bits per heavy atom. The molecule has 31 heavy (non-hydrogen) atoms. The Kier molecular flexibility index (Phi) is 8.26. The van der Waals surface area contributed by atoms with Gasteiger partial charge in [0.2, 0.25) is 11.8 Å². The molecule has 2 amide bonds. The van der Waals surface area contributed by atoms with Crippen molar-refractivity contribution in [3.63, 3.8) is 0 Å². The number of methoxy groups -OCH3 is 1. The Hall–Kier alpha value is -3.10. The van der Waals surface area contributed by atoms with Crippen molar-refractivity contribution in [1.82, 2.24) is 9.80 Å². The maximum absolute atomic E-state index is 12.5. The van der Waals surface area contributed by atoms with Gasteiger partial charge in [-0.3, -0.25) is 19.4 Å². The molecule has 0 aromatic heterocycles. The molecule has 2 N–H and O–H groups in total. The van der Waals surface area contributed by atoms with E-state index in [0.29, 0.717) is 42.6 Å². The zero-order valence-corrected chi connectivity index (χ0v) is 18.1. The van der Waals surface area contributed by atoms with Crippen LogP contribution in [0.2, 0.25) is 0 Å². The number of nitrogens with one attached hydrogen (secondary N) is 2.